The van der Waals surface area contributed by atoms with E-state index in [9.17, 15) is 5.11 Å². The Labute approximate surface area is 149 Å². The van der Waals surface area contributed by atoms with Gasteiger partial charge in [-0.15, -0.1) is 4.33 Å². The van der Waals surface area contributed by atoms with Gasteiger partial charge in [0.2, 0.25) is 16.5 Å². The predicted octanol–water partition coefficient (Wildman–Crippen LogP) is 4.21. The molecule has 0 radical (unpaired) electrons. The third-order valence-electron chi connectivity index (χ3n) is 2.90. The predicted molar refractivity (Wildman–Crippen MR) is 89.4 cm³/mol. The molecular formula is C13H8Cl2N4O4S. The summed E-state index contributed by atoms with van der Waals surface area (Å²) in [7, 11) is 0. The minimum atomic E-state index is -0.0334. The summed E-state index contributed by atoms with van der Waals surface area (Å²) >= 11 is 12.2. The van der Waals surface area contributed by atoms with Crippen molar-refractivity contribution in [3.8, 4) is 5.75 Å². The van der Waals surface area contributed by atoms with E-state index in [2.05, 4.69) is 29.6 Å². The van der Waals surface area contributed by atoms with E-state index in [0.29, 0.717) is 16.0 Å². The van der Waals surface area contributed by atoms with Crippen LogP contribution in [0.25, 0.3) is 10.8 Å². The van der Waals surface area contributed by atoms with Crippen LogP contribution in [0.2, 0.25) is 10.6 Å². The molecule has 1 heterocycles. The molecule has 0 spiro atoms. The summed E-state index contributed by atoms with van der Waals surface area (Å²) in [4.78, 5) is 12.0. The molecule has 24 heavy (non-hydrogen) atoms. The summed E-state index contributed by atoms with van der Waals surface area (Å²) in [6.45, 7) is 0. The summed E-state index contributed by atoms with van der Waals surface area (Å²) in [5.74, 6) is 0.200. The van der Waals surface area contributed by atoms with Gasteiger partial charge in [-0.1, -0.05) is 11.1 Å². The maximum atomic E-state index is 10.1. The van der Waals surface area contributed by atoms with Crippen LogP contribution < -0.4 is 5.32 Å². The SMILES string of the molecule is OOOSc1cc(O)c2cc(Nc3nc(Cl)nc(Cl)n3)ccc2c1. The summed E-state index contributed by atoms with van der Waals surface area (Å²) in [5, 5.41) is 26.0. The molecular weight excluding hydrogens is 379 g/mol. The van der Waals surface area contributed by atoms with Gasteiger partial charge in [0.05, 0.1) is 12.0 Å². The highest BCUT2D eigenvalue weighted by Gasteiger charge is 2.08. The molecule has 8 nitrogen and oxygen atoms in total. The van der Waals surface area contributed by atoms with Crippen LogP contribution in [0, 0.1) is 0 Å². The maximum absolute atomic E-state index is 10.1. The Kier molecular flexibility index (Phi) is 5.19. The largest absolute Gasteiger partial charge is 0.507 e. The monoisotopic (exact) mass is 386 g/mol. The van der Waals surface area contributed by atoms with Crippen LogP contribution in [0.3, 0.4) is 0 Å². The molecule has 0 aliphatic rings. The first kappa shape index (κ1) is 17.0. The Bertz CT molecular complexity index is 879. The minimum Gasteiger partial charge on any atom is -0.507 e. The second-order valence-corrected chi connectivity index (χ2v) is 5.88. The number of benzene rings is 2. The van der Waals surface area contributed by atoms with E-state index in [1.165, 1.54) is 6.07 Å². The van der Waals surface area contributed by atoms with Crippen LogP contribution in [-0.4, -0.2) is 25.3 Å². The number of nitrogens with one attached hydrogen (secondary N) is 1. The number of anilines is 2. The van der Waals surface area contributed by atoms with Crippen LogP contribution in [-0.2, 0) is 9.37 Å². The number of aromatic hydroxyl groups is 1. The molecule has 124 valence electrons. The van der Waals surface area contributed by atoms with Crippen molar-refractivity contribution in [3.05, 3.63) is 40.9 Å². The van der Waals surface area contributed by atoms with Gasteiger partial charge in [0.25, 0.3) is 0 Å². The average Bonchev–Trinajstić information content (AvgIpc) is 2.52. The molecule has 3 aromatic rings. The lowest BCUT2D eigenvalue weighted by molar-refractivity contribution is -0.432. The molecule has 0 unspecified atom stereocenters. The number of phenolic OH excluding ortho intramolecular Hbond substituents is 1. The molecule has 11 heteroatoms. The summed E-state index contributed by atoms with van der Waals surface area (Å²) < 4.78 is 4.35. The molecule has 3 rings (SSSR count). The Morgan fingerprint density at radius 1 is 1.04 bits per heavy atom. The number of hydrogen-bond donors (Lipinski definition) is 3. The molecule has 0 amide bonds. The highest BCUT2D eigenvalue weighted by atomic mass is 35.5. The Morgan fingerprint density at radius 3 is 2.50 bits per heavy atom. The first-order valence-corrected chi connectivity index (χ1v) is 7.80. The normalized spacial score (nSPS) is 11.0. The Balaban J connectivity index is 1.92. The lowest BCUT2D eigenvalue weighted by atomic mass is 10.1. The lowest BCUT2D eigenvalue weighted by Gasteiger charge is -2.09. The van der Waals surface area contributed by atoms with E-state index in [1.54, 1.807) is 24.3 Å². The van der Waals surface area contributed by atoms with Crippen molar-refractivity contribution in [1.82, 2.24) is 15.0 Å². The van der Waals surface area contributed by atoms with Gasteiger partial charge < -0.3 is 10.4 Å². The molecule has 0 bridgehead atoms. The highest BCUT2D eigenvalue weighted by Crippen LogP contribution is 2.33. The first-order chi connectivity index (χ1) is 11.5. The third-order valence-corrected chi connectivity index (χ3v) is 3.80. The molecule has 0 aliphatic heterocycles. The van der Waals surface area contributed by atoms with Crippen LogP contribution in [0.15, 0.2) is 35.2 Å². The fourth-order valence-corrected chi connectivity index (χ4v) is 2.81. The van der Waals surface area contributed by atoms with Crippen molar-refractivity contribution in [1.29, 1.82) is 0 Å². The Morgan fingerprint density at radius 2 is 1.79 bits per heavy atom. The highest BCUT2D eigenvalue weighted by molar-refractivity contribution is 7.94. The number of halogens is 2. The van der Waals surface area contributed by atoms with Gasteiger partial charge in [-0.3, -0.25) is 0 Å². The molecule has 2 aromatic carbocycles. The van der Waals surface area contributed by atoms with Gasteiger partial charge in [0.1, 0.15) is 5.75 Å². The van der Waals surface area contributed by atoms with Gasteiger partial charge in [-0.05, 0) is 52.9 Å². The molecule has 0 saturated heterocycles. The quantitative estimate of drug-likeness (QED) is 0.337. The number of hydrogen-bond acceptors (Lipinski definition) is 9. The van der Waals surface area contributed by atoms with Crippen molar-refractivity contribution < 1.29 is 19.7 Å². The second-order valence-electron chi connectivity index (χ2n) is 4.43. The molecule has 1 aromatic heterocycles. The number of phenols is 1. The molecule has 0 aliphatic carbocycles. The van der Waals surface area contributed by atoms with Crippen molar-refractivity contribution in [3.63, 3.8) is 0 Å². The topological polar surface area (TPSA) is 110 Å². The van der Waals surface area contributed by atoms with E-state index < -0.39 is 0 Å². The zero-order chi connectivity index (χ0) is 17.1. The summed E-state index contributed by atoms with van der Waals surface area (Å²) in [6.07, 6.45) is 0. The molecule has 0 fully saturated rings. The van der Waals surface area contributed by atoms with Gasteiger partial charge in [0, 0.05) is 16.0 Å². The van der Waals surface area contributed by atoms with Crippen LogP contribution >= 0.6 is 35.2 Å². The van der Waals surface area contributed by atoms with Crippen LogP contribution in [0.4, 0.5) is 11.6 Å². The molecule has 0 atom stereocenters. The van der Waals surface area contributed by atoms with Crippen LogP contribution in [0.1, 0.15) is 0 Å². The van der Waals surface area contributed by atoms with Crippen molar-refractivity contribution >= 4 is 57.7 Å². The molecule has 3 N–H and O–H groups in total. The average molecular weight is 387 g/mol. The minimum absolute atomic E-state index is 0.0203. The van der Waals surface area contributed by atoms with Crippen LogP contribution in [0.5, 0.6) is 5.75 Å². The van der Waals surface area contributed by atoms with Gasteiger partial charge in [0.15, 0.2) is 0 Å². The number of aromatic nitrogens is 3. The summed E-state index contributed by atoms with van der Waals surface area (Å²) in [5.41, 5.74) is 0.617. The van der Waals surface area contributed by atoms with Crippen molar-refractivity contribution in [2.75, 3.05) is 5.32 Å². The van der Waals surface area contributed by atoms with E-state index in [0.717, 1.165) is 17.4 Å². The van der Waals surface area contributed by atoms with Crippen molar-refractivity contribution in [2.45, 2.75) is 4.90 Å². The number of fused-ring (bicyclic) bond motifs is 1. The zero-order valence-corrected chi connectivity index (χ0v) is 13.9. The van der Waals surface area contributed by atoms with Crippen molar-refractivity contribution in [2.24, 2.45) is 0 Å². The van der Waals surface area contributed by atoms with E-state index in [1.807, 2.05) is 0 Å². The second kappa shape index (κ2) is 7.34. The smallest absolute Gasteiger partial charge is 0.232 e. The Hall–Kier alpha value is -1.88. The van der Waals surface area contributed by atoms with E-state index in [-0.39, 0.29) is 22.3 Å². The van der Waals surface area contributed by atoms with Gasteiger partial charge in [-0.2, -0.15) is 15.0 Å². The number of rotatable bonds is 5. The molecule has 0 saturated carbocycles. The maximum Gasteiger partial charge on any atom is 0.232 e. The number of nitrogens with zero attached hydrogens (tertiary/aromatic N) is 3. The lowest BCUT2D eigenvalue weighted by Crippen LogP contribution is -1.99. The zero-order valence-electron chi connectivity index (χ0n) is 11.6. The van der Waals surface area contributed by atoms with E-state index in [4.69, 9.17) is 28.5 Å². The van der Waals surface area contributed by atoms with Gasteiger partial charge in [-0.25, -0.2) is 5.26 Å². The van der Waals surface area contributed by atoms with E-state index >= 15 is 0 Å². The first-order valence-electron chi connectivity index (χ1n) is 6.31. The fourth-order valence-electron chi connectivity index (χ4n) is 2.00. The standard InChI is InChI=1S/C13H8Cl2N4O4S/c14-11-17-12(15)19-13(18-11)16-7-2-1-6-3-8(24-23-22-21)5-10(20)9(6)4-7/h1-5,20-21H,(H,16,17,18,19). The fraction of sp³-hybridized carbons (Fsp3) is 0. The summed E-state index contributed by atoms with van der Waals surface area (Å²) in [6, 6.07) is 8.44. The van der Waals surface area contributed by atoms with Gasteiger partial charge >= 0.3 is 0 Å². The third kappa shape index (κ3) is 3.96.